The highest BCUT2D eigenvalue weighted by Crippen LogP contribution is 2.42. The molecule has 0 saturated heterocycles. The van der Waals surface area contributed by atoms with Gasteiger partial charge < -0.3 is 0 Å². The predicted molar refractivity (Wildman–Crippen MR) is 180 cm³/mol. The molecule has 0 spiro atoms. The molecule has 0 fully saturated rings. The lowest BCUT2D eigenvalue weighted by atomic mass is 9.91. The van der Waals surface area contributed by atoms with Gasteiger partial charge in [-0.15, -0.1) is 11.3 Å². The zero-order valence-corrected chi connectivity index (χ0v) is 22.8. The first-order valence-electron chi connectivity index (χ1n) is 15.8. The van der Waals surface area contributed by atoms with E-state index in [1.165, 1.54) is 5.39 Å². The second-order valence-corrected chi connectivity index (χ2v) is 11.7. The Morgan fingerprint density at radius 2 is 0.927 bits per heavy atom. The van der Waals surface area contributed by atoms with Crippen molar-refractivity contribution >= 4 is 74.6 Å². The van der Waals surface area contributed by atoms with Gasteiger partial charge in [0.05, 0.1) is 5.48 Å². The minimum absolute atomic E-state index is 0.0265. The molecular formula is C40H24S. The molecule has 1 aromatic heterocycles. The maximum absolute atomic E-state index is 9.33. The van der Waals surface area contributed by atoms with E-state index in [0.717, 1.165) is 63.4 Å². The number of hydrogen-bond donors (Lipinski definition) is 0. The summed E-state index contributed by atoms with van der Waals surface area (Å²) < 4.78 is 39.5. The summed E-state index contributed by atoms with van der Waals surface area (Å²) in [6.45, 7) is 0. The van der Waals surface area contributed by atoms with Crippen LogP contribution in [0, 0.1) is 0 Å². The fourth-order valence-electron chi connectivity index (χ4n) is 6.31. The molecule has 0 aliphatic heterocycles. The molecule has 9 rings (SSSR count). The molecule has 0 nitrogen and oxygen atoms in total. The van der Waals surface area contributed by atoms with E-state index in [1.807, 2.05) is 54.6 Å². The molecule has 0 unspecified atom stereocenters. The average Bonchev–Trinajstić information content (AvgIpc) is 3.43. The highest BCUT2D eigenvalue weighted by atomic mass is 32.1. The van der Waals surface area contributed by atoms with E-state index in [4.69, 9.17) is 0 Å². The maximum atomic E-state index is 9.33. The molecule has 0 saturated carbocycles. The zero-order chi connectivity index (χ0) is 30.4. The first-order chi connectivity index (χ1) is 22.0. The van der Waals surface area contributed by atoms with Crippen LogP contribution in [0.3, 0.4) is 0 Å². The third-order valence-corrected chi connectivity index (χ3v) is 9.37. The summed E-state index contributed by atoms with van der Waals surface area (Å²) in [7, 11) is 0. The normalized spacial score (nSPS) is 13.3. The van der Waals surface area contributed by atoms with Crippen molar-refractivity contribution in [3.05, 3.63) is 145 Å². The summed E-state index contributed by atoms with van der Waals surface area (Å²) >= 11 is 1.69. The van der Waals surface area contributed by atoms with Gasteiger partial charge >= 0.3 is 0 Å². The van der Waals surface area contributed by atoms with E-state index < -0.39 is 0 Å². The van der Waals surface area contributed by atoms with Crippen molar-refractivity contribution in [1.29, 1.82) is 0 Å². The summed E-state index contributed by atoms with van der Waals surface area (Å²) in [5.74, 6) is 0. The number of thiophene rings is 1. The van der Waals surface area contributed by atoms with Gasteiger partial charge in [0.2, 0.25) is 0 Å². The van der Waals surface area contributed by atoms with Crippen LogP contribution in [0.2, 0.25) is 0 Å². The third kappa shape index (κ3) is 3.53. The van der Waals surface area contributed by atoms with Gasteiger partial charge in [-0.3, -0.25) is 0 Å². The average molecular weight is 541 g/mol. The molecule has 0 aliphatic rings. The molecule has 1 heteroatoms. The first kappa shape index (κ1) is 19.2. The Morgan fingerprint density at radius 3 is 1.63 bits per heavy atom. The van der Waals surface area contributed by atoms with Crippen LogP contribution in [0.5, 0.6) is 0 Å². The number of hydrogen-bond acceptors (Lipinski definition) is 1. The van der Waals surface area contributed by atoms with Crippen molar-refractivity contribution in [2.24, 2.45) is 0 Å². The fourth-order valence-corrected chi connectivity index (χ4v) is 7.47. The monoisotopic (exact) mass is 540 g/mol. The zero-order valence-electron chi connectivity index (χ0n) is 26.0. The summed E-state index contributed by atoms with van der Waals surface area (Å²) in [4.78, 5) is 0. The molecule has 8 aromatic carbocycles. The van der Waals surface area contributed by atoms with Gasteiger partial charge in [-0.2, -0.15) is 0 Å². The maximum Gasteiger partial charge on any atom is 0.0629 e. The summed E-state index contributed by atoms with van der Waals surface area (Å²) in [6.07, 6.45) is 0. The third-order valence-electron chi connectivity index (χ3n) is 8.25. The van der Waals surface area contributed by atoms with Crippen LogP contribution in [0.4, 0.5) is 0 Å². The topological polar surface area (TPSA) is 0 Å². The van der Waals surface area contributed by atoms with Crippen molar-refractivity contribution < 1.29 is 5.48 Å². The fraction of sp³-hybridized carbons (Fsp3) is 0. The van der Waals surface area contributed by atoms with Gasteiger partial charge in [0.25, 0.3) is 0 Å². The minimum Gasteiger partial charge on any atom is -0.135 e. The van der Waals surface area contributed by atoms with Crippen molar-refractivity contribution in [2.75, 3.05) is 0 Å². The SMILES string of the molecule is [2H]c1c([2H])c(-c2cccc3sc4cc5ccccc5cc4c23)c([2H])c([2H])c1-c1cccc2ccc3cc4ccccc4cc3c12. The smallest absolute Gasteiger partial charge is 0.0629 e. The predicted octanol–water partition coefficient (Wildman–Crippen LogP) is 12.0. The van der Waals surface area contributed by atoms with Crippen molar-refractivity contribution in [2.45, 2.75) is 0 Å². The Hall–Kier alpha value is -4.98. The Labute approximate surface area is 247 Å². The van der Waals surface area contributed by atoms with Crippen LogP contribution in [0.1, 0.15) is 5.48 Å². The highest BCUT2D eigenvalue weighted by molar-refractivity contribution is 7.26. The van der Waals surface area contributed by atoms with E-state index in [0.29, 0.717) is 16.7 Å². The molecule has 0 radical (unpaired) electrons. The molecule has 0 atom stereocenters. The Balaban J connectivity index is 1.33. The van der Waals surface area contributed by atoms with Gasteiger partial charge in [-0.05, 0) is 95.7 Å². The molecule has 1 heterocycles. The summed E-state index contributed by atoms with van der Waals surface area (Å²) in [5.41, 5.74) is 2.10. The molecular weight excluding hydrogens is 513 g/mol. The summed E-state index contributed by atoms with van der Waals surface area (Å²) in [6, 6.07) is 41.2. The van der Waals surface area contributed by atoms with E-state index in [2.05, 4.69) is 66.7 Å². The second kappa shape index (κ2) is 8.76. The standard InChI is InChI=1S/C40H24S/c1-2-8-29-22-35-32(21-28(29)7-1)20-19-27-11-5-12-33(39(27)35)25-15-17-26(18-16-25)34-13-6-14-37-40(34)36-23-30-9-3-4-10-31(30)24-38(36)41-37/h1-24H/i15D,16D,17D,18D. The van der Waals surface area contributed by atoms with Crippen molar-refractivity contribution in [1.82, 2.24) is 0 Å². The van der Waals surface area contributed by atoms with E-state index in [9.17, 15) is 5.48 Å². The van der Waals surface area contributed by atoms with Crippen LogP contribution in [0.25, 0.3) is 85.5 Å². The lowest BCUT2D eigenvalue weighted by molar-refractivity contribution is 1.64. The van der Waals surface area contributed by atoms with Crippen molar-refractivity contribution in [3.63, 3.8) is 0 Å². The number of fused-ring (bicyclic) bond motifs is 8. The van der Waals surface area contributed by atoms with Crippen LogP contribution < -0.4 is 0 Å². The molecule has 0 N–H and O–H groups in total. The Bertz CT molecular complexity index is 2680. The van der Waals surface area contributed by atoms with Crippen LogP contribution >= 0.6 is 11.3 Å². The minimum atomic E-state index is -0.0294. The van der Waals surface area contributed by atoms with E-state index in [-0.39, 0.29) is 24.2 Å². The van der Waals surface area contributed by atoms with E-state index in [1.54, 1.807) is 11.3 Å². The van der Waals surface area contributed by atoms with Crippen LogP contribution in [0.15, 0.2) is 145 Å². The van der Waals surface area contributed by atoms with Gasteiger partial charge in [0.15, 0.2) is 0 Å². The number of rotatable bonds is 2. The molecule has 41 heavy (non-hydrogen) atoms. The lowest BCUT2D eigenvalue weighted by Crippen LogP contribution is -1.86. The molecule has 0 aliphatic carbocycles. The number of benzene rings is 8. The van der Waals surface area contributed by atoms with Crippen molar-refractivity contribution in [3.8, 4) is 22.3 Å². The van der Waals surface area contributed by atoms with Gasteiger partial charge in [0.1, 0.15) is 0 Å². The second-order valence-electron chi connectivity index (χ2n) is 10.6. The lowest BCUT2D eigenvalue weighted by Gasteiger charge is -2.13. The van der Waals surface area contributed by atoms with Gasteiger partial charge in [-0.1, -0.05) is 115 Å². The Morgan fingerprint density at radius 1 is 0.390 bits per heavy atom. The largest absolute Gasteiger partial charge is 0.135 e. The van der Waals surface area contributed by atoms with Gasteiger partial charge in [-0.25, -0.2) is 0 Å². The van der Waals surface area contributed by atoms with E-state index >= 15 is 0 Å². The first-order valence-corrected chi connectivity index (χ1v) is 14.6. The van der Waals surface area contributed by atoms with Gasteiger partial charge in [0, 0.05) is 20.2 Å². The highest BCUT2D eigenvalue weighted by Gasteiger charge is 2.13. The molecule has 190 valence electrons. The quantitative estimate of drug-likeness (QED) is 0.151. The molecule has 0 bridgehead atoms. The van der Waals surface area contributed by atoms with Crippen LogP contribution in [-0.4, -0.2) is 0 Å². The molecule has 0 amide bonds. The molecule has 9 aromatic rings. The Kier molecular flexibility index (Phi) is 4.09. The van der Waals surface area contributed by atoms with Crippen LogP contribution in [-0.2, 0) is 0 Å². The summed E-state index contributed by atoms with van der Waals surface area (Å²) in [5, 5.41) is 10.6.